The molecular weight excluding hydrogens is 364 g/mol. The zero-order valence-corrected chi connectivity index (χ0v) is 16.9. The van der Waals surface area contributed by atoms with Crippen LogP contribution in [0, 0.1) is 0 Å². The Hall–Kier alpha value is -2.37. The lowest BCUT2D eigenvalue weighted by Gasteiger charge is -2.15. The molecule has 1 amide bonds. The van der Waals surface area contributed by atoms with Crippen LogP contribution >= 0.6 is 0 Å². The molecule has 0 radical (unpaired) electrons. The summed E-state index contributed by atoms with van der Waals surface area (Å²) in [5.41, 5.74) is 2.98. The highest BCUT2D eigenvalue weighted by Crippen LogP contribution is 2.24. The Bertz CT molecular complexity index is 798. The number of β-amino-alcohol motifs (C(OH)–C–C–N with tert-alkyl or cyclic N) is 1. The summed E-state index contributed by atoms with van der Waals surface area (Å²) in [5, 5.41) is 9.55. The number of aliphatic hydroxyl groups is 1. The molecule has 2 aromatic rings. The van der Waals surface area contributed by atoms with Crippen LogP contribution in [-0.4, -0.2) is 66.2 Å². The normalized spacial score (nSPS) is 19.6. The number of nitrogens with zero attached hydrogens (tertiary/aromatic N) is 2. The average Bonchev–Trinajstić information content (AvgIpc) is 3.43. The zero-order chi connectivity index (χ0) is 20.1. The first-order valence-corrected chi connectivity index (χ1v) is 10.7. The van der Waals surface area contributed by atoms with Gasteiger partial charge >= 0.3 is 0 Å². The van der Waals surface area contributed by atoms with E-state index in [-0.39, 0.29) is 12.0 Å². The molecule has 2 aliphatic heterocycles. The number of ether oxygens (including phenoxy) is 1. The van der Waals surface area contributed by atoms with Crippen molar-refractivity contribution in [3.63, 3.8) is 0 Å². The first-order valence-electron chi connectivity index (χ1n) is 10.7. The van der Waals surface area contributed by atoms with Gasteiger partial charge in [0.2, 0.25) is 0 Å². The van der Waals surface area contributed by atoms with E-state index in [1.54, 1.807) is 0 Å². The minimum absolute atomic E-state index is 0.140. The van der Waals surface area contributed by atoms with Gasteiger partial charge in [0, 0.05) is 38.3 Å². The van der Waals surface area contributed by atoms with Gasteiger partial charge in [0.1, 0.15) is 5.75 Å². The number of benzene rings is 2. The monoisotopic (exact) mass is 394 g/mol. The Morgan fingerprint density at radius 2 is 1.62 bits per heavy atom. The SMILES string of the molecule is O=C(c1ccc(-c2ccc(OCCCN3CC[C@@H](O)C3)cc2)cc1)N1CCCC1. The van der Waals surface area contributed by atoms with Gasteiger partial charge in [0.05, 0.1) is 12.7 Å². The molecule has 5 nitrogen and oxygen atoms in total. The molecule has 29 heavy (non-hydrogen) atoms. The van der Waals surface area contributed by atoms with Crippen LogP contribution < -0.4 is 4.74 Å². The molecule has 2 aliphatic rings. The van der Waals surface area contributed by atoms with Crippen molar-refractivity contribution in [3.05, 3.63) is 54.1 Å². The quantitative estimate of drug-likeness (QED) is 0.731. The van der Waals surface area contributed by atoms with Crippen LogP contribution in [0.5, 0.6) is 5.75 Å². The predicted octanol–water partition coefficient (Wildman–Crippen LogP) is 3.43. The maximum Gasteiger partial charge on any atom is 0.253 e. The van der Waals surface area contributed by atoms with Crippen LogP contribution in [0.3, 0.4) is 0 Å². The van der Waals surface area contributed by atoms with Gasteiger partial charge in [-0.05, 0) is 61.1 Å². The lowest BCUT2D eigenvalue weighted by atomic mass is 10.0. The fourth-order valence-corrected chi connectivity index (χ4v) is 4.15. The van der Waals surface area contributed by atoms with Crippen LogP contribution in [0.25, 0.3) is 11.1 Å². The zero-order valence-electron chi connectivity index (χ0n) is 16.9. The topological polar surface area (TPSA) is 53.0 Å². The van der Waals surface area contributed by atoms with Crippen molar-refractivity contribution >= 4 is 5.91 Å². The van der Waals surface area contributed by atoms with Gasteiger partial charge in [-0.3, -0.25) is 4.79 Å². The summed E-state index contributed by atoms with van der Waals surface area (Å²) in [6.07, 6.45) is 3.91. The third-order valence-electron chi connectivity index (χ3n) is 5.85. The van der Waals surface area contributed by atoms with Crippen molar-refractivity contribution in [2.24, 2.45) is 0 Å². The van der Waals surface area contributed by atoms with E-state index < -0.39 is 0 Å². The molecule has 154 valence electrons. The van der Waals surface area contributed by atoms with E-state index >= 15 is 0 Å². The highest BCUT2D eigenvalue weighted by Gasteiger charge is 2.20. The van der Waals surface area contributed by atoms with E-state index in [0.29, 0.717) is 6.61 Å². The largest absolute Gasteiger partial charge is 0.494 e. The first kappa shape index (κ1) is 19.9. The molecule has 2 heterocycles. The van der Waals surface area contributed by atoms with Crippen LogP contribution in [0.2, 0.25) is 0 Å². The number of hydrogen-bond donors (Lipinski definition) is 1. The second-order valence-corrected chi connectivity index (χ2v) is 8.05. The maximum absolute atomic E-state index is 12.5. The summed E-state index contributed by atoms with van der Waals surface area (Å²) in [4.78, 5) is 16.7. The highest BCUT2D eigenvalue weighted by molar-refractivity contribution is 5.94. The summed E-state index contributed by atoms with van der Waals surface area (Å²) in [5.74, 6) is 1.01. The van der Waals surface area contributed by atoms with E-state index in [1.165, 1.54) is 0 Å². The molecule has 2 fully saturated rings. The number of carbonyl (C=O) groups excluding carboxylic acids is 1. The third-order valence-corrected chi connectivity index (χ3v) is 5.85. The number of carbonyl (C=O) groups is 1. The lowest BCUT2D eigenvalue weighted by Crippen LogP contribution is -2.27. The molecule has 1 atom stereocenters. The van der Waals surface area contributed by atoms with E-state index in [4.69, 9.17) is 4.74 Å². The molecular formula is C24H30N2O3. The van der Waals surface area contributed by atoms with Crippen molar-refractivity contribution in [3.8, 4) is 16.9 Å². The number of likely N-dealkylation sites (tertiary alicyclic amines) is 2. The minimum atomic E-state index is -0.157. The van der Waals surface area contributed by atoms with Gasteiger partial charge in [0.25, 0.3) is 5.91 Å². The van der Waals surface area contributed by atoms with Gasteiger partial charge in [-0.25, -0.2) is 0 Å². The Morgan fingerprint density at radius 3 is 2.24 bits per heavy atom. The molecule has 2 aromatic carbocycles. The fourth-order valence-electron chi connectivity index (χ4n) is 4.15. The Balaban J connectivity index is 1.26. The smallest absolute Gasteiger partial charge is 0.253 e. The summed E-state index contributed by atoms with van der Waals surface area (Å²) in [6.45, 7) is 5.18. The van der Waals surface area contributed by atoms with Crippen molar-refractivity contribution in [2.45, 2.75) is 31.8 Å². The molecule has 5 heteroatoms. The van der Waals surface area contributed by atoms with Crippen molar-refractivity contribution in [2.75, 3.05) is 39.3 Å². The lowest BCUT2D eigenvalue weighted by molar-refractivity contribution is 0.0793. The molecule has 0 saturated carbocycles. The molecule has 4 rings (SSSR count). The van der Waals surface area contributed by atoms with E-state index in [1.807, 2.05) is 41.3 Å². The predicted molar refractivity (Wildman–Crippen MR) is 114 cm³/mol. The first-order chi connectivity index (χ1) is 14.2. The fraction of sp³-hybridized carbons (Fsp3) is 0.458. The Morgan fingerprint density at radius 1 is 0.966 bits per heavy atom. The standard InChI is InChI=1S/C24H30N2O3/c27-22-12-16-25(18-22)13-3-17-29-23-10-8-20(9-11-23)19-4-6-21(7-5-19)24(28)26-14-1-2-15-26/h4-11,22,27H,1-3,12-18H2/t22-/m1/s1. The summed E-state index contributed by atoms with van der Waals surface area (Å²) >= 11 is 0. The van der Waals surface area contributed by atoms with Crippen LogP contribution in [-0.2, 0) is 0 Å². The Labute approximate surface area is 172 Å². The highest BCUT2D eigenvalue weighted by atomic mass is 16.5. The summed E-state index contributed by atoms with van der Waals surface area (Å²) in [7, 11) is 0. The van der Waals surface area contributed by atoms with E-state index in [0.717, 1.165) is 80.8 Å². The van der Waals surface area contributed by atoms with Gasteiger partial charge in [0.15, 0.2) is 0 Å². The summed E-state index contributed by atoms with van der Waals surface area (Å²) in [6, 6.07) is 16.0. The molecule has 2 saturated heterocycles. The van der Waals surface area contributed by atoms with Crippen LogP contribution in [0.15, 0.2) is 48.5 Å². The van der Waals surface area contributed by atoms with Gasteiger partial charge in [-0.1, -0.05) is 24.3 Å². The molecule has 1 N–H and O–H groups in total. The second kappa shape index (κ2) is 9.42. The van der Waals surface area contributed by atoms with Crippen LogP contribution in [0.4, 0.5) is 0 Å². The molecule has 0 spiro atoms. The number of amides is 1. The minimum Gasteiger partial charge on any atom is -0.494 e. The Kier molecular flexibility index (Phi) is 6.47. The summed E-state index contributed by atoms with van der Waals surface area (Å²) < 4.78 is 5.85. The number of rotatable bonds is 7. The van der Waals surface area contributed by atoms with Gasteiger partial charge < -0.3 is 19.6 Å². The van der Waals surface area contributed by atoms with Crippen molar-refractivity contribution in [1.29, 1.82) is 0 Å². The van der Waals surface area contributed by atoms with Gasteiger partial charge in [-0.15, -0.1) is 0 Å². The average molecular weight is 395 g/mol. The van der Waals surface area contributed by atoms with E-state index in [9.17, 15) is 9.90 Å². The molecule has 0 bridgehead atoms. The van der Waals surface area contributed by atoms with Gasteiger partial charge in [-0.2, -0.15) is 0 Å². The molecule has 0 aliphatic carbocycles. The van der Waals surface area contributed by atoms with E-state index in [2.05, 4.69) is 17.0 Å². The second-order valence-electron chi connectivity index (χ2n) is 8.05. The van der Waals surface area contributed by atoms with Crippen molar-refractivity contribution in [1.82, 2.24) is 9.80 Å². The van der Waals surface area contributed by atoms with Crippen molar-refractivity contribution < 1.29 is 14.6 Å². The third kappa shape index (κ3) is 5.17. The maximum atomic E-state index is 12.5. The molecule has 0 aromatic heterocycles. The number of hydrogen-bond acceptors (Lipinski definition) is 4. The van der Waals surface area contributed by atoms with Crippen LogP contribution in [0.1, 0.15) is 36.0 Å². The molecule has 0 unspecified atom stereocenters. The number of aliphatic hydroxyl groups excluding tert-OH is 1.